The summed E-state index contributed by atoms with van der Waals surface area (Å²) in [4.78, 5) is 0. The van der Waals surface area contributed by atoms with Crippen LogP contribution in [0.5, 0.6) is 11.5 Å². The molecule has 0 fully saturated rings. The van der Waals surface area contributed by atoms with Crippen LogP contribution in [0.25, 0.3) is 0 Å². The summed E-state index contributed by atoms with van der Waals surface area (Å²) in [5.74, 6) is 1.43. The molecule has 2 radical (unpaired) electrons. The van der Waals surface area contributed by atoms with Gasteiger partial charge in [-0.05, 0) is 0 Å². The number of para-hydroxylation sites is 2. The Hall–Kier alpha value is 0.448. The molecule has 0 spiro atoms. The minimum atomic E-state index is 0. The van der Waals surface area contributed by atoms with Crippen molar-refractivity contribution in [2.75, 3.05) is 0 Å². The molecule has 0 N–H and O–H groups in total. The summed E-state index contributed by atoms with van der Waals surface area (Å²) in [6, 6.07) is 20.9. The molecule has 0 aliphatic carbocycles. The van der Waals surface area contributed by atoms with Crippen molar-refractivity contribution in [2.45, 2.75) is 0 Å². The van der Waals surface area contributed by atoms with E-state index in [2.05, 4.69) is 12.1 Å². The normalized spacial score (nSPS) is 8.27. The molecule has 0 saturated carbocycles. The van der Waals surface area contributed by atoms with Crippen molar-refractivity contribution < 1.29 is 70.2 Å². The minimum absolute atomic E-state index is 0. The fourth-order valence-electron chi connectivity index (χ4n) is 0.999. The molecule has 15 heavy (non-hydrogen) atoms. The SMILES string of the molecule is [Y].[Y].[c-]1ccccc1Oc1[c-]cccc1. The van der Waals surface area contributed by atoms with Crippen LogP contribution in [0.4, 0.5) is 0 Å². The molecule has 0 aliphatic rings. The van der Waals surface area contributed by atoms with Crippen molar-refractivity contribution in [1.29, 1.82) is 0 Å². The first-order chi connectivity index (χ1) is 6.45. The Morgan fingerprint density at radius 3 is 1.53 bits per heavy atom. The molecule has 70 valence electrons. The number of ether oxygens (including phenoxy) is 1. The average molecular weight is 346 g/mol. The first-order valence-electron chi connectivity index (χ1n) is 4.06. The maximum atomic E-state index is 5.47. The van der Waals surface area contributed by atoms with Crippen LogP contribution in [-0.2, 0) is 65.4 Å². The van der Waals surface area contributed by atoms with Gasteiger partial charge in [0.05, 0.1) is 0 Å². The van der Waals surface area contributed by atoms with Crippen LogP contribution >= 0.6 is 0 Å². The van der Waals surface area contributed by atoms with E-state index in [1.807, 2.05) is 48.5 Å². The smallest absolute Gasteiger partial charge is 0.0127 e. The zero-order valence-corrected chi connectivity index (χ0v) is 13.9. The summed E-state index contributed by atoms with van der Waals surface area (Å²) in [7, 11) is 0. The maximum absolute atomic E-state index is 5.47. The van der Waals surface area contributed by atoms with Crippen molar-refractivity contribution in [3.63, 3.8) is 0 Å². The molecule has 2 aromatic carbocycles. The van der Waals surface area contributed by atoms with E-state index in [9.17, 15) is 0 Å². The third kappa shape index (κ3) is 5.35. The van der Waals surface area contributed by atoms with Gasteiger partial charge in [-0.3, -0.25) is 0 Å². The third-order valence-corrected chi connectivity index (χ3v) is 1.58. The Balaban J connectivity index is 0.000000980. The van der Waals surface area contributed by atoms with Crippen LogP contribution in [0.3, 0.4) is 0 Å². The van der Waals surface area contributed by atoms with E-state index in [0.717, 1.165) is 0 Å². The number of hydrogen-bond donors (Lipinski definition) is 0. The first-order valence-corrected chi connectivity index (χ1v) is 4.06. The van der Waals surface area contributed by atoms with Gasteiger partial charge in [-0.2, -0.15) is 36.4 Å². The Kier molecular flexibility index (Phi) is 8.84. The molecule has 2 aromatic rings. The molecule has 0 saturated heterocycles. The van der Waals surface area contributed by atoms with Crippen molar-refractivity contribution in [3.05, 3.63) is 60.7 Å². The zero-order chi connectivity index (χ0) is 8.93. The number of rotatable bonds is 2. The van der Waals surface area contributed by atoms with Gasteiger partial charge in [0.2, 0.25) is 0 Å². The van der Waals surface area contributed by atoms with Crippen LogP contribution in [0.15, 0.2) is 48.5 Å². The molecule has 1 nitrogen and oxygen atoms in total. The van der Waals surface area contributed by atoms with E-state index in [4.69, 9.17) is 4.74 Å². The Bertz CT molecular complexity index is 324. The van der Waals surface area contributed by atoms with Gasteiger partial charge in [-0.1, -0.05) is 0 Å². The molecule has 0 aromatic heterocycles. The summed E-state index contributed by atoms with van der Waals surface area (Å²) in [5, 5.41) is 0. The van der Waals surface area contributed by atoms with Gasteiger partial charge in [0, 0.05) is 76.9 Å². The van der Waals surface area contributed by atoms with Gasteiger partial charge in [0.25, 0.3) is 0 Å². The van der Waals surface area contributed by atoms with Crippen LogP contribution < -0.4 is 4.74 Å². The Morgan fingerprint density at radius 2 is 1.20 bits per heavy atom. The molecule has 0 aliphatic heterocycles. The molecule has 0 atom stereocenters. The van der Waals surface area contributed by atoms with Crippen LogP contribution in [0.2, 0.25) is 0 Å². The summed E-state index contributed by atoms with van der Waals surface area (Å²) < 4.78 is 5.47. The first kappa shape index (κ1) is 15.4. The molecular weight excluding hydrogens is 338 g/mol. The van der Waals surface area contributed by atoms with E-state index >= 15 is 0 Å². The van der Waals surface area contributed by atoms with Gasteiger partial charge in [0.1, 0.15) is 0 Å². The molecule has 0 bridgehead atoms. The largest absolute Gasteiger partial charge is 0.509 e. The fraction of sp³-hybridized carbons (Fsp3) is 0. The second kappa shape index (κ2) is 8.58. The Labute approximate surface area is 140 Å². The van der Waals surface area contributed by atoms with E-state index < -0.39 is 0 Å². The van der Waals surface area contributed by atoms with Gasteiger partial charge < -0.3 is 4.74 Å². The topological polar surface area (TPSA) is 9.23 Å². The van der Waals surface area contributed by atoms with Crippen LogP contribution in [-0.4, -0.2) is 0 Å². The van der Waals surface area contributed by atoms with Gasteiger partial charge in [-0.25, -0.2) is 0 Å². The second-order valence-corrected chi connectivity index (χ2v) is 2.56. The summed E-state index contributed by atoms with van der Waals surface area (Å²) in [5.41, 5.74) is 0. The summed E-state index contributed by atoms with van der Waals surface area (Å²) in [6.07, 6.45) is 0. The van der Waals surface area contributed by atoms with E-state index in [1.165, 1.54) is 0 Å². The third-order valence-electron chi connectivity index (χ3n) is 1.58. The standard InChI is InChI=1S/C12H8O.2Y/c1-3-7-11(8-4-1)13-12-9-5-2-6-10-12;;/h1-7,9H;;/q-2;;. The van der Waals surface area contributed by atoms with Gasteiger partial charge >= 0.3 is 0 Å². The fourth-order valence-corrected chi connectivity index (χ4v) is 0.999. The average Bonchev–Trinajstić information content (AvgIpc) is 2.21. The van der Waals surface area contributed by atoms with Crippen LogP contribution in [0, 0.1) is 12.1 Å². The molecule has 0 unspecified atom stereocenters. The van der Waals surface area contributed by atoms with Gasteiger partial charge in [0.15, 0.2) is 0 Å². The molecule has 0 heterocycles. The number of benzene rings is 2. The van der Waals surface area contributed by atoms with E-state index in [1.54, 1.807) is 0 Å². The second-order valence-electron chi connectivity index (χ2n) is 2.56. The van der Waals surface area contributed by atoms with Crippen molar-refractivity contribution in [3.8, 4) is 11.5 Å². The predicted octanol–water partition coefficient (Wildman–Crippen LogP) is 3.07. The van der Waals surface area contributed by atoms with Crippen molar-refractivity contribution in [1.82, 2.24) is 0 Å². The molecular formula is C12H8OY2-2. The molecule has 3 heteroatoms. The minimum Gasteiger partial charge on any atom is -0.509 e. The van der Waals surface area contributed by atoms with E-state index in [0.29, 0.717) is 11.5 Å². The monoisotopic (exact) mass is 346 g/mol. The molecule has 2 rings (SSSR count). The summed E-state index contributed by atoms with van der Waals surface area (Å²) in [6.45, 7) is 0. The molecule has 0 amide bonds. The van der Waals surface area contributed by atoms with Crippen molar-refractivity contribution >= 4 is 0 Å². The van der Waals surface area contributed by atoms with E-state index in [-0.39, 0.29) is 65.4 Å². The van der Waals surface area contributed by atoms with Gasteiger partial charge in [-0.15, -0.1) is 24.3 Å². The quantitative estimate of drug-likeness (QED) is 0.760. The van der Waals surface area contributed by atoms with Crippen molar-refractivity contribution in [2.24, 2.45) is 0 Å². The summed E-state index contributed by atoms with van der Waals surface area (Å²) >= 11 is 0. The number of hydrogen-bond acceptors (Lipinski definition) is 1. The zero-order valence-electron chi connectivity index (χ0n) is 8.18. The van der Waals surface area contributed by atoms with Crippen LogP contribution in [0.1, 0.15) is 0 Å². The predicted molar refractivity (Wildman–Crippen MR) is 50.6 cm³/mol. The Morgan fingerprint density at radius 1 is 0.733 bits per heavy atom. The maximum Gasteiger partial charge on any atom is 0.0127 e.